The zero-order valence-electron chi connectivity index (χ0n) is 18.4. The van der Waals surface area contributed by atoms with Gasteiger partial charge in [-0.25, -0.2) is 4.98 Å². The van der Waals surface area contributed by atoms with Gasteiger partial charge >= 0.3 is 6.18 Å². The molecule has 1 atom stereocenters. The fraction of sp³-hybridized carbons (Fsp3) is 0.200. The number of fused-ring (bicyclic) bond motifs is 1. The molecule has 35 heavy (non-hydrogen) atoms. The van der Waals surface area contributed by atoms with E-state index in [4.69, 9.17) is 9.84 Å². The number of amides is 1. The number of hydrogen-bond acceptors (Lipinski definition) is 5. The molecule has 1 unspecified atom stereocenters. The minimum absolute atomic E-state index is 0.0162. The summed E-state index contributed by atoms with van der Waals surface area (Å²) < 4.78 is 46.3. The Hall–Kier alpha value is -3.89. The number of benzene rings is 2. The van der Waals surface area contributed by atoms with Gasteiger partial charge in [0.1, 0.15) is 24.1 Å². The van der Waals surface area contributed by atoms with E-state index in [1.807, 2.05) is 0 Å². The molecule has 0 spiro atoms. The molecule has 1 amide bonds. The van der Waals surface area contributed by atoms with Crippen LogP contribution in [0.4, 0.5) is 18.9 Å². The van der Waals surface area contributed by atoms with Gasteiger partial charge in [-0.1, -0.05) is 24.3 Å². The van der Waals surface area contributed by atoms with Crippen LogP contribution in [0.2, 0.25) is 0 Å². The van der Waals surface area contributed by atoms with Gasteiger partial charge in [-0.05, 0) is 30.3 Å². The van der Waals surface area contributed by atoms with Crippen LogP contribution in [0.5, 0.6) is 5.75 Å². The number of carbonyl (C=O) groups excluding carboxylic acids is 1. The summed E-state index contributed by atoms with van der Waals surface area (Å²) in [7, 11) is 0. The van der Waals surface area contributed by atoms with Crippen LogP contribution in [0.1, 0.15) is 11.1 Å². The van der Waals surface area contributed by atoms with Gasteiger partial charge in [0, 0.05) is 35.3 Å². The lowest BCUT2D eigenvalue weighted by molar-refractivity contribution is -0.137. The van der Waals surface area contributed by atoms with E-state index in [1.165, 1.54) is 6.07 Å². The van der Waals surface area contributed by atoms with E-state index in [9.17, 15) is 23.1 Å². The maximum Gasteiger partial charge on any atom is 0.416 e. The number of alkyl halides is 3. The average molecular weight is 485 g/mol. The molecule has 2 aromatic carbocycles. The molecule has 3 N–H and O–H groups in total. The van der Waals surface area contributed by atoms with Crippen LogP contribution in [-0.2, 0) is 17.4 Å². The Morgan fingerprint density at radius 3 is 2.69 bits per heavy atom. The number of aliphatic hydroxyl groups excluding tert-OH is 2. The van der Waals surface area contributed by atoms with E-state index in [-0.39, 0.29) is 18.9 Å². The van der Waals surface area contributed by atoms with Crippen molar-refractivity contribution in [3.05, 3.63) is 84.2 Å². The summed E-state index contributed by atoms with van der Waals surface area (Å²) in [4.78, 5) is 17.2. The number of imidazole rings is 1. The number of halogens is 3. The largest absolute Gasteiger partial charge is 0.491 e. The predicted octanol–water partition coefficient (Wildman–Crippen LogP) is 3.93. The molecule has 7 nitrogen and oxygen atoms in total. The average Bonchev–Trinajstić information content (AvgIpc) is 3.28. The first kappa shape index (κ1) is 24.2. The molecule has 0 bridgehead atoms. The van der Waals surface area contributed by atoms with Crippen molar-refractivity contribution in [1.82, 2.24) is 9.38 Å². The second kappa shape index (κ2) is 10.2. The number of anilines is 1. The number of nitrogens with zero attached hydrogens (tertiary/aromatic N) is 2. The number of carbonyl (C=O) groups is 1. The summed E-state index contributed by atoms with van der Waals surface area (Å²) in [5.41, 5.74) is 1.46. The zero-order chi connectivity index (χ0) is 25.0. The maximum atomic E-state index is 13.1. The quantitative estimate of drug-likeness (QED) is 0.352. The Morgan fingerprint density at radius 2 is 1.91 bits per heavy atom. The van der Waals surface area contributed by atoms with E-state index >= 15 is 0 Å². The minimum atomic E-state index is -4.46. The van der Waals surface area contributed by atoms with Crippen LogP contribution in [0.25, 0.3) is 16.9 Å². The molecule has 4 aromatic rings. The molecule has 4 rings (SSSR count). The van der Waals surface area contributed by atoms with E-state index in [0.29, 0.717) is 33.9 Å². The lowest BCUT2D eigenvalue weighted by atomic mass is 10.1. The van der Waals surface area contributed by atoms with Gasteiger partial charge in [0.15, 0.2) is 0 Å². The molecule has 0 aliphatic rings. The number of pyridine rings is 1. The monoisotopic (exact) mass is 485 g/mol. The van der Waals surface area contributed by atoms with Gasteiger partial charge in [-0.3, -0.25) is 4.79 Å². The molecule has 2 heterocycles. The van der Waals surface area contributed by atoms with Crippen molar-refractivity contribution in [2.45, 2.75) is 18.7 Å². The van der Waals surface area contributed by atoms with Crippen molar-refractivity contribution in [2.75, 3.05) is 18.5 Å². The molecule has 0 saturated carbocycles. The van der Waals surface area contributed by atoms with Gasteiger partial charge in [-0.2, -0.15) is 13.2 Å². The third-order valence-electron chi connectivity index (χ3n) is 5.17. The Kier molecular flexibility index (Phi) is 7.04. The second-order valence-corrected chi connectivity index (χ2v) is 7.87. The van der Waals surface area contributed by atoms with Crippen molar-refractivity contribution in [3.8, 4) is 17.0 Å². The third kappa shape index (κ3) is 5.97. The first-order valence-corrected chi connectivity index (χ1v) is 10.7. The predicted molar refractivity (Wildman–Crippen MR) is 123 cm³/mol. The smallest absolute Gasteiger partial charge is 0.416 e. The van der Waals surface area contributed by atoms with Gasteiger partial charge < -0.3 is 24.7 Å². The first-order chi connectivity index (χ1) is 16.7. The van der Waals surface area contributed by atoms with Gasteiger partial charge in [0.2, 0.25) is 5.91 Å². The highest BCUT2D eigenvalue weighted by Gasteiger charge is 2.30. The van der Waals surface area contributed by atoms with Crippen molar-refractivity contribution >= 4 is 17.2 Å². The molecule has 0 fully saturated rings. The molecule has 0 saturated heterocycles. The number of ether oxygens (including phenoxy) is 1. The fourth-order valence-electron chi connectivity index (χ4n) is 3.49. The van der Waals surface area contributed by atoms with Crippen molar-refractivity contribution in [2.24, 2.45) is 0 Å². The standard InChI is InChI=1S/C25H22F3N3O4/c26-25(27,28)18-6-1-4-16(10-18)22-13-31-9-3-5-17(24(31)30-22)11-23(34)29-19-7-2-8-21(12-19)35-15-20(33)14-32/h1-10,12-13,20,32-33H,11,14-15H2,(H,29,34). The number of hydrogen-bond donors (Lipinski definition) is 3. The Bertz CT molecular complexity index is 1340. The molecular weight excluding hydrogens is 463 g/mol. The number of aromatic nitrogens is 2. The lowest BCUT2D eigenvalue weighted by Crippen LogP contribution is -2.21. The third-order valence-corrected chi connectivity index (χ3v) is 5.17. The SMILES string of the molecule is O=C(Cc1cccn2cc(-c3cccc(C(F)(F)F)c3)nc12)Nc1cccc(OCC(O)CO)c1. The van der Waals surface area contributed by atoms with Crippen molar-refractivity contribution in [1.29, 1.82) is 0 Å². The van der Waals surface area contributed by atoms with Crippen molar-refractivity contribution < 1.29 is 32.9 Å². The summed E-state index contributed by atoms with van der Waals surface area (Å²) in [6, 6.07) is 15.0. The normalized spacial score (nSPS) is 12.5. The molecule has 0 radical (unpaired) electrons. The molecule has 2 aromatic heterocycles. The summed E-state index contributed by atoms with van der Waals surface area (Å²) >= 11 is 0. The van der Waals surface area contributed by atoms with Crippen LogP contribution < -0.4 is 10.1 Å². The van der Waals surface area contributed by atoms with Gasteiger partial charge in [-0.15, -0.1) is 0 Å². The van der Waals surface area contributed by atoms with E-state index in [1.54, 1.807) is 59.3 Å². The topological polar surface area (TPSA) is 96.1 Å². The Morgan fingerprint density at radius 1 is 1.11 bits per heavy atom. The molecule has 0 aliphatic carbocycles. The zero-order valence-corrected chi connectivity index (χ0v) is 18.4. The Balaban J connectivity index is 1.50. The molecule has 0 aliphatic heterocycles. The summed E-state index contributed by atoms with van der Waals surface area (Å²) in [6.45, 7) is -0.519. The lowest BCUT2D eigenvalue weighted by Gasteiger charge is -2.11. The number of nitrogens with one attached hydrogen (secondary N) is 1. The summed E-state index contributed by atoms with van der Waals surface area (Å²) in [5, 5.41) is 21.0. The van der Waals surface area contributed by atoms with Gasteiger partial charge in [0.25, 0.3) is 0 Å². The highest BCUT2D eigenvalue weighted by Crippen LogP contribution is 2.32. The van der Waals surface area contributed by atoms with Crippen LogP contribution in [0, 0.1) is 0 Å². The van der Waals surface area contributed by atoms with Crippen LogP contribution in [-0.4, -0.2) is 44.8 Å². The van der Waals surface area contributed by atoms with E-state index in [2.05, 4.69) is 10.3 Å². The van der Waals surface area contributed by atoms with E-state index < -0.39 is 24.5 Å². The first-order valence-electron chi connectivity index (χ1n) is 10.7. The highest BCUT2D eigenvalue weighted by atomic mass is 19.4. The highest BCUT2D eigenvalue weighted by molar-refractivity contribution is 5.93. The van der Waals surface area contributed by atoms with Crippen LogP contribution in [0.15, 0.2) is 73.1 Å². The van der Waals surface area contributed by atoms with Crippen LogP contribution in [0.3, 0.4) is 0 Å². The minimum Gasteiger partial charge on any atom is -0.491 e. The maximum absolute atomic E-state index is 13.1. The summed E-state index contributed by atoms with van der Waals surface area (Å²) in [6.07, 6.45) is -2.16. The molecule has 10 heteroatoms. The fourth-order valence-corrected chi connectivity index (χ4v) is 3.49. The molecule has 182 valence electrons. The van der Waals surface area contributed by atoms with Crippen LogP contribution >= 0.6 is 0 Å². The second-order valence-electron chi connectivity index (χ2n) is 7.87. The number of rotatable bonds is 8. The van der Waals surface area contributed by atoms with Crippen molar-refractivity contribution in [3.63, 3.8) is 0 Å². The Labute approximate surface area is 198 Å². The van der Waals surface area contributed by atoms with E-state index in [0.717, 1.165) is 12.1 Å². The van der Waals surface area contributed by atoms with Gasteiger partial charge in [0.05, 0.1) is 24.3 Å². The molecular formula is C25H22F3N3O4. The number of aliphatic hydroxyl groups is 2. The summed E-state index contributed by atoms with van der Waals surface area (Å²) in [5.74, 6) is 0.0886.